The SMILES string of the molecule is COc1ccc2c(=O)[nH]c(C(=O)Nc3ccc(C)cc3)cc2c1. The van der Waals surface area contributed by atoms with Gasteiger partial charge in [0, 0.05) is 11.1 Å². The van der Waals surface area contributed by atoms with E-state index in [0.717, 1.165) is 5.56 Å². The van der Waals surface area contributed by atoms with Crippen LogP contribution in [0.25, 0.3) is 10.8 Å². The third kappa shape index (κ3) is 3.08. The Morgan fingerprint density at radius 1 is 1.09 bits per heavy atom. The van der Waals surface area contributed by atoms with E-state index < -0.39 is 0 Å². The van der Waals surface area contributed by atoms with Gasteiger partial charge in [-0.25, -0.2) is 0 Å². The van der Waals surface area contributed by atoms with E-state index in [0.29, 0.717) is 22.2 Å². The molecule has 0 atom stereocenters. The Kier molecular flexibility index (Phi) is 3.85. The average molecular weight is 308 g/mol. The fourth-order valence-electron chi connectivity index (χ4n) is 2.33. The summed E-state index contributed by atoms with van der Waals surface area (Å²) in [5.41, 5.74) is 1.68. The number of fused-ring (bicyclic) bond motifs is 1. The lowest BCUT2D eigenvalue weighted by molar-refractivity contribution is 0.102. The Balaban J connectivity index is 1.96. The van der Waals surface area contributed by atoms with Crippen molar-refractivity contribution in [2.75, 3.05) is 12.4 Å². The summed E-state index contributed by atoms with van der Waals surface area (Å²) >= 11 is 0. The molecule has 0 unspecified atom stereocenters. The second kappa shape index (κ2) is 5.96. The number of hydrogen-bond donors (Lipinski definition) is 2. The van der Waals surface area contributed by atoms with E-state index in [1.54, 1.807) is 31.4 Å². The molecular weight excluding hydrogens is 292 g/mol. The first-order valence-electron chi connectivity index (χ1n) is 7.16. The molecule has 1 heterocycles. The zero-order valence-corrected chi connectivity index (χ0v) is 12.8. The van der Waals surface area contributed by atoms with Crippen LogP contribution in [0.1, 0.15) is 16.1 Å². The van der Waals surface area contributed by atoms with E-state index in [2.05, 4.69) is 10.3 Å². The molecule has 5 heteroatoms. The topological polar surface area (TPSA) is 71.2 Å². The zero-order chi connectivity index (χ0) is 16.4. The summed E-state index contributed by atoms with van der Waals surface area (Å²) in [4.78, 5) is 27.1. The summed E-state index contributed by atoms with van der Waals surface area (Å²) in [6.45, 7) is 1.97. The predicted octanol–water partition coefficient (Wildman–Crippen LogP) is 3.10. The highest BCUT2D eigenvalue weighted by molar-refractivity contribution is 6.04. The summed E-state index contributed by atoms with van der Waals surface area (Å²) in [5.74, 6) is 0.267. The molecule has 0 radical (unpaired) electrons. The third-order valence-corrected chi connectivity index (χ3v) is 3.61. The minimum atomic E-state index is -0.365. The Hall–Kier alpha value is -3.08. The lowest BCUT2D eigenvalue weighted by Gasteiger charge is -2.07. The number of benzene rings is 2. The molecule has 0 aliphatic carbocycles. The number of anilines is 1. The molecule has 0 bridgehead atoms. The fraction of sp³-hybridized carbons (Fsp3) is 0.111. The van der Waals surface area contributed by atoms with Crippen LogP contribution in [0.4, 0.5) is 5.69 Å². The molecule has 0 aliphatic rings. The Morgan fingerprint density at radius 2 is 1.83 bits per heavy atom. The van der Waals surface area contributed by atoms with Crippen LogP contribution in [-0.4, -0.2) is 18.0 Å². The number of rotatable bonds is 3. The minimum Gasteiger partial charge on any atom is -0.497 e. The number of amides is 1. The normalized spacial score (nSPS) is 10.5. The molecule has 0 saturated heterocycles. The van der Waals surface area contributed by atoms with Crippen molar-refractivity contribution in [1.29, 1.82) is 0 Å². The van der Waals surface area contributed by atoms with Crippen molar-refractivity contribution in [2.24, 2.45) is 0 Å². The van der Waals surface area contributed by atoms with E-state index in [4.69, 9.17) is 4.74 Å². The number of pyridine rings is 1. The van der Waals surface area contributed by atoms with Gasteiger partial charge in [0.15, 0.2) is 0 Å². The summed E-state index contributed by atoms with van der Waals surface area (Å²) in [7, 11) is 1.55. The van der Waals surface area contributed by atoms with Crippen LogP contribution >= 0.6 is 0 Å². The largest absolute Gasteiger partial charge is 0.497 e. The first kappa shape index (κ1) is 14.8. The number of nitrogens with one attached hydrogen (secondary N) is 2. The number of hydrogen-bond acceptors (Lipinski definition) is 3. The smallest absolute Gasteiger partial charge is 0.272 e. The highest BCUT2D eigenvalue weighted by atomic mass is 16.5. The molecule has 0 saturated carbocycles. The lowest BCUT2D eigenvalue weighted by Crippen LogP contribution is -2.18. The van der Waals surface area contributed by atoms with E-state index in [1.165, 1.54) is 0 Å². The van der Waals surface area contributed by atoms with Gasteiger partial charge in [0.1, 0.15) is 11.4 Å². The van der Waals surface area contributed by atoms with E-state index in [-0.39, 0.29) is 17.2 Å². The molecule has 3 aromatic rings. The van der Waals surface area contributed by atoms with Crippen molar-refractivity contribution in [3.63, 3.8) is 0 Å². The first-order chi connectivity index (χ1) is 11.1. The minimum absolute atomic E-state index is 0.205. The third-order valence-electron chi connectivity index (χ3n) is 3.61. The number of methoxy groups -OCH3 is 1. The monoisotopic (exact) mass is 308 g/mol. The van der Waals surface area contributed by atoms with Gasteiger partial charge < -0.3 is 15.0 Å². The Morgan fingerprint density at radius 3 is 2.52 bits per heavy atom. The summed E-state index contributed by atoms with van der Waals surface area (Å²) < 4.78 is 5.16. The standard InChI is InChI=1S/C18H16N2O3/c1-11-3-5-13(6-4-11)19-18(22)16-10-12-9-14(23-2)7-8-15(12)17(21)20-16/h3-10H,1-2H3,(H,19,22)(H,20,21). The molecule has 0 spiro atoms. The van der Waals surface area contributed by atoms with Gasteiger partial charge in [0.25, 0.3) is 11.5 Å². The van der Waals surface area contributed by atoms with Crippen molar-refractivity contribution in [1.82, 2.24) is 4.98 Å². The lowest BCUT2D eigenvalue weighted by atomic mass is 10.1. The van der Waals surface area contributed by atoms with Gasteiger partial charge in [0.05, 0.1) is 7.11 Å². The average Bonchev–Trinajstić information content (AvgIpc) is 2.56. The quantitative estimate of drug-likeness (QED) is 0.781. The van der Waals surface area contributed by atoms with Crippen LogP contribution in [0, 0.1) is 6.92 Å². The first-order valence-corrected chi connectivity index (χ1v) is 7.16. The summed E-state index contributed by atoms with van der Waals surface area (Å²) in [6, 6.07) is 14.2. The molecule has 0 aliphatic heterocycles. The summed E-state index contributed by atoms with van der Waals surface area (Å²) in [5, 5.41) is 3.93. The molecule has 23 heavy (non-hydrogen) atoms. The second-order valence-corrected chi connectivity index (χ2v) is 5.29. The van der Waals surface area contributed by atoms with Crippen molar-refractivity contribution in [3.05, 3.63) is 70.1 Å². The van der Waals surface area contributed by atoms with Gasteiger partial charge in [-0.2, -0.15) is 0 Å². The highest BCUT2D eigenvalue weighted by Gasteiger charge is 2.10. The number of H-pyrrole nitrogens is 1. The Labute approximate surface area is 132 Å². The number of aromatic amines is 1. The molecule has 3 rings (SSSR count). The maximum Gasteiger partial charge on any atom is 0.272 e. The Bertz CT molecular complexity index is 927. The van der Waals surface area contributed by atoms with Crippen molar-refractivity contribution in [3.8, 4) is 5.75 Å². The number of carbonyl (C=O) groups is 1. The maximum atomic E-state index is 12.3. The molecule has 0 fully saturated rings. The van der Waals surface area contributed by atoms with Crippen LogP contribution in [0.15, 0.2) is 53.3 Å². The summed E-state index contributed by atoms with van der Waals surface area (Å²) in [6.07, 6.45) is 0. The van der Waals surface area contributed by atoms with Crippen LogP contribution < -0.4 is 15.6 Å². The number of carbonyl (C=O) groups excluding carboxylic acids is 1. The van der Waals surface area contributed by atoms with Gasteiger partial charge in [0.2, 0.25) is 0 Å². The van der Waals surface area contributed by atoms with Crippen LogP contribution in [0.2, 0.25) is 0 Å². The zero-order valence-electron chi connectivity index (χ0n) is 12.8. The van der Waals surface area contributed by atoms with E-state index >= 15 is 0 Å². The van der Waals surface area contributed by atoms with E-state index in [1.807, 2.05) is 31.2 Å². The van der Waals surface area contributed by atoms with Gasteiger partial charge in [-0.15, -0.1) is 0 Å². The highest BCUT2D eigenvalue weighted by Crippen LogP contribution is 2.19. The van der Waals surface area contributed by atoms with Crippen molar-refractivity contribution < 1.29 is 9.53 Å². The van der Waals surface area contributed by atoms with Gasteiger partial charge >= 0.3 is 0 Å². The number of aromatic nitrogens is 1. The van der Waals surface area contributed by atoms with Crippen LogP contribution in [0.3, 0.4) is 0 Å². The molecule has 116 valence electrons. The maximum absolute atomic E-state index is 12.3. The van der Waals surface area contributed by atoms with Crippen molar-refractivity contribution >= 4 is 22.4 Å². The molecule has 1 amide bonds. The van der Waals surface area contributed by atoms with Gasteiger partial charge in [-0.1, -0.05) is 17.7 Å². The number of aryl methyl sites for hydroxylation is 1. The van der Waals surface area contributed by atoms with Gasteiger partial charge in [-0.05, 0) is 48.7 Å². The molecule has 5 nitrogen and oxygen atoms in total. The molecule has 2 N–H and O–H groups in total. The molecule has 1 aromatic heterocycles. The van der Waals surface area contributed by atoms with Gasteiger partial charge in [-0.3, -0.25) is 9.59 Å². The van der Waals surface area contributed by atoms with Crippen LogP contribution in [0.5, 0.6) is 5.75 Å². The second-order valence-electron chi connectivity index (χ2n) is 5.29. The van der Waals surface area contributed by atoms with Crippen molar-refractivity contribution in [2.45, 2.75) is 6.92 Å². The van der Waals surface area contributed by atoms with E-state index in [9.17, 15) is 9.59 Å². The van der Waals surface area contributed by atoms with Crippen LogP contribution in [-0.2, 0) is 0 Å². The molecule has 2 aromatic carbocycles. The predicted molar refractivity (Wildman–Crippen MR) is 90.3 cm³/mol. The number of ether oxygens (including phenoxy) is 1. The fourth-order valence-corrected chi connectivity index (χ4v) is 2.33. The molecular formula is C18H16N2O3.